The number of rotatable bonds is 1. The van der Waals surface area contributed by atoms with Crippen LogP contribution in [0.15, 0.2) is 24.3 Å². The summed E-state index contributed by atoms with van der Waals surface area (Å²) in [5, 5.41) is 3.55. The van der Waals surface area contributed by atoms with Crippen LogP contribution in [0.5, 0.6) is 0 Å². The minimum atomic E-state index is 0.745. The molecule has 3 heterocycles. The number of hydrogen-bond donors (Lipinski definition) is 1. The molecular formula is C12H16N2. The maximum Gasteiger partial charge on any atom is 0.0369 e. The Balaban J connectivity index is 1.82. The highest BCUT2D eigenvalue weighted by Crippen LogP contribution is 2.26. The third-order valence-electron chi connectivity index (χ3n) is 3.29. The maximum atomic E-state index is 3.55. The summed E-state index contributed by atoms with van der Waals surface area (Å²) in [6.45, 7) is 4.52. The summed E-state index contributed by atoms with van der Waals surface area (Å²) < 4.78 is 0. The Morgan fingerprint density at radius 1 is 1.29 bits per heavy atom. The van der Waals surface area contributed by atoms with Gasteiger partial charge in [-0.1, -0.05) is 12.1 Å². The first-order chi connectivity index (χ1) is 6.81. The van der Waals surface area contributed by atoms with E-state index in [2.05, 4.69) is 41.4 Å². The van der Waals surface area contributed by atoms with Crippen LogP contribution in [0.25, 0.3) is 0 Å². The largest absolute Gasteiger partial charge is 0.368 e. The Bertz CT molecular complexity index is 332. The van der Waals surface area contributed by atoms with Gasteiger partial charge in [0.25, 0.3) is 0 Å². The van der Waals surface area contributed by atoms with E-state index in [1.807, 2.05) is 0 Å². The van der Waals surface area contributed by atoms with Gasteiger partial charge in [0, 0.05) is 30.9 Å². The minimum Gasteiger partial charge on any atom is -0.368 e. The third kappa shape index (κ3) is 1.30. The summed E-state index contributed by atoms with van der Waals surface area (Å²) in [5.74, 6) is 0. The summed E-state index contributed by atoms with van der Waals surface area (Å²) in [7, 11) is 0. The van der Waals surface area contributed by atoms with Crippen molar-refractivity contribution in [3.63, 3.8) is 0 Å². The first-order valence-electron chi connectivity index (χ1n) is 5.39. The van der Waals surface area contributed by atoms with Gasteiger partial charge in [-0.15, -0.1) is 0 Å². The van der Waals surface area contributed by atoms with Crippen LogP contribution >= 0.6 is 0 Å². The lowest BCUT2D eigenvalue weighted by molar-refractivity contribution is 0.226. The van der Waals surface area contributed by atoms with Gasteiger partial charge < -0.3 is 10.2 Å². The molecule has 0 spiro atoms. The average Bonchev–Trinajstić information content (AvgIpc) is 2.17. The van der Waals surface area contributed by atoms with Crippen molar-refractivity contribution in [3.05, 3.63) is 29.8 Å². The second kappa shape index (κ2) is 2.99. The van der Waals surface area contributed by atoms with Gasteiger partial charge >= 0.3 is 0 Å². The Hall–Kier alpha value is -1.02. The van der Waals surface area contributed by atoms with Gasteiger partial charge in [-0.3, -0.25) is 0 Å². The lowest BCUT2D eigenvalue weighted by atomic mass is 9.91. The molecule has 4 rings (SSSR count). The number of anilines is 1. The van der Waals surface area contributed by atoms with Gasteiger partial charge in [0.2, 0.25) is 0 Å². The highest BCUT2D eigenvalue weighted by Gasteiger charge is 2.36. The Labute approximate surface area is 84.9 Å². The molecule has 2 heteroatoms. The first kappa shape index (κ1) is 8.30. The van der Waals surface area contributed by atoms with Crippen molar-refractivity contribution in [2.75, 3.05) is 18.0 Å². The van der Waals surface area contributed by atoms with E-state index in [-0.39, 0.29) is 0 Å². The molecule has 3 aliphatic rings. The zero-order chi connectivity index (χ0) is 9.54. The molecule has 2 unspecified atom stereocenters. The molecule has 3 aliphatic heterocycles. The fraction of sp³-hybridized carbons (Fsp3) is 0.500. The number of piperidine rings is 1. The number of hydrogen-bond acceptors (Lipinski definition) is 2. The second-order valence-corrected chi connectivity index (χ2v) is 4.54. The predicted octanol–water partition coefficient (Wildman–Crippen LogP) is 1.55. The molecule has 14 heavy (non-hydrogen) atoms. The molecule has 1 aromatic carbocycles. The molecule has 0 amide bonds. The number of nitrogens with zero attached hydrogens (tertiary/aromatic N) is 1. The van der Waals surface area contributed by atoms with E-state index < -0.39 is 0 Å². The van der Waals surface area contributed by atoms with Crippen molar-refractivity contribution in [3.8, 4) is 0 Å². The Morgan fingerprint density at radius 2 is 2.00 bits per heavy atom. The fourth-order valence-corrected chi connectivity index (χ4v) is 2.55. The normalized spacial score (nSPS) is 29.9. The minimum absolute atomic E-state index is 0.745. The molecule has 0 saturated carbocycles. The fourth-order valence-electron chi connectivity index (χ4n) is 2.55. The van der Waals surface area contributed by atoms with Gasteiger partial charge in [-0.2, -0.15) is 0 Å². The van der Waals surface area contributed by atoms with Crippen LogP contribution in [-0.2, 0) is 0 Å². The topological polar surface area (TPSA) is 15.3 Å². The highest BCUT2D eigenvalue weighted by molar-refractivity contribution is 5.50. The second-order valence-electron chi connectivity index (χ2n) is 4.54. The number of benzene rings is 1. The summed E-state index contributed by atoms with van der Waals surface area (Å²) in [5.41, 5.74) is 2.75. The van der Waals surface area contributed by atoms with Crippen LogP contribution in [-0.4, -0.2) is 25.2 Å². The number of nitrogens with one attached hydrogen (secondary N) is 1. The van der Waals surface area contributed by atoms with Crippen LogP contribution in [0.1, 0.15) is 12.0 Å². The van der Waals surface area contributed by atoms with Crippen molar-refractivity contribution in [1.82, 2.24) is 5.32 Å². The van der Waals surface area contributed by atoms with Gasteiger partial charge in [-0.05, 0) is 31.0 Å². The van der Waals surface area contributed by atoms with Gasteiger partial charge in [-0.25, -0.2) is 0 Å². The van der Waals surface area contributed by atoms with Gasteiger partial charge in [0.05, 0.1) is 0 Å². The zero-order valence-electron chi connectivity index (χ0n) is 8.53. The summed E-state index contributed by atoms with van der Waals surface area (Å²) in [6.07, 6.45) is 1.38. The third-order valence-corrected chi connectivity index (χ3v) is 3.29. The first-order valence-corrected chi connectivity index (χ1v) is 5.39. The molecule has 1 aromatic rings. The van der Waals surface area contributed by atoms with Crippen molar-refractivity contribution in [1.29, 1.82) is 0 Å². The van der Waals surface area contributed by atoms with Gasteiger partial charge in [0.15, 0.2) is 0 Å². The molecule has 0 aliphatic carbocycles. The number of aryl methyl sites for hydroxylation is 1. The molecule has 2 nitrogen and oxygen atoms in total. The van der Waals surface area contributed by atoms with Crippen molar-refractivity contribution in [2.24, 2.45) is 0 Å². The number of fused-ring (bicyclic) bond motifs is 2. The zero-order valence-corrected chi connectivity index (χ0v) is 8.53. The lowest BCUT2D eigenvalue weighted by Crippen LogP contribution is -2.67. The standard InChI is InChI=1S/C12H16N2/c1-9-3-2-4-12(5-9)14-7-10-6-11(8-14)13-10/h2-5,10-11,13H,6-8H2,1H3. The van der Waals surface area contributed by atoms with Gasteiger partial charge in [0.1, 0.15) is 0 Å². The average molecular weight is 188 g/mol. The molecule has 3 fully saturated rings. The van der Waals surface area contributed by atoms with Crippen molar-refractivity contribution >= 4 is 5.69 Å². The SMILES string of the molecule is Cc1cccc(N2CC3CC(C2)N3)c1. The summed E-state index contributed by atoms with van der Waals surface area (Å²) in [6, 6.07) is 10.3. The quantitative estimate of drug-likeness (QED) is 0.719. The van der Waals surface area contributed by atoms with Crippen molar-refractivity contribution in [2.45, 2.75) is 25.4 Å². The molecule has 0 radical (unpaired) electrons. The van der Waals surface area contributed by atoms with E-state index in [9.17, 15) is 0 Å². The summed E-state index contributed by atoms with van der Waals surface area (Å²) >= 11 is 0. The molecule has 0 aromatic heterocycles. The van der Waals surface area contributed by atoms with E-state index in [0.717, 1.165) is 12.1 Å². The van der Waals surface area contributed by atoms with Crippen LogP contribution in [0, 0.1) is 6.92 Å². The van der Waals surface area contributed by atoms with Crippen LogP contribution in [0.2, 0.25) is 0 Å². The number of piperazine rings is 1. The van der Waals surface area contributed by atoms with E-state index in [4.69, 9.17) is 0 Å². The van der Waals surface area contributed by atoms with Crippen LogP contribution in [0.3, 0.4) is 0 Å². The Morgan fingerprint density at radius 3 is 2.64 bits per heavy atom. The predicted molar refractivity (Wildman–Crippen MR) is 58.7 cm³/mol. The molecule has 1 N–H and O–H groups in total. The molecule has 3 saturated heterocycles. The van der Waals surface area contributed by atoms with E-state index in [1.54, 1.807) is 0 Å². The molecular weight excluding hydrogens is 172 g/mol. The van der Waals surface area contributed by atoms with E-state index in [1.165, 1.54) is 30.8 Å². The van der Waals surface area contributed by atoms with Crippen LogP contribution < -0.4 is 10.2 Å². The lowest BCUT2D eigenvalue weighted by Gasteiger charge is -2.49. The Kier molecular flexibility index (Phi) is 1.77. The smallest absolute Gasteiger partial charge is 0.0369 e. The molecule has 74 valence electrons. The monoisotopic (exact) mass is 188 g/mol. The van der Waals surface area contributed by atoms with Crippen molar-refractivity contribution < 1.29 is 0 Å². The highest BCUT2D eigenvalue weighted by atomic mass is 15.3. The summed E-state index contributed by atoms with van der Waals surface area (Å²) in [4.78, 5) is 2.50. The molecule has 2 bridgehead atoms. The maximum absolute atomic E-state index is 3.55. The van der Waals surface area contributed by atoms with E-state index >= 15 is 0 Å². The van der Waals surface area contributed by atoms with E-state index in [0.29, 0.717) is 0 Å². The van der Waals surface area contributed by atoms with Crippen LogP contribution in [0.4, 0.5) is 5.69 Å². The molecule has 2 atom stereocenters.